The molecule has 0 spiro atoms. The lowest BCUT2D eigenvalue weighted by atomic mass is 10.0. The van der Waals surface area contributed by atoms with Crippen LogP contribution >= 0.6 is 7.82 Å². The van der Waals surface area contributed by atoms with E-state index in [4.69, 9.17) is 19.1 Å². The molecule has 0 saturated heterocycles. The zero-order chi connectivity index (χ0) is 47.6. The Morgan fingerprint density at radius 1 is 0.477 bits per heavy atom. The van der Waals surface area contributed by atoms with Crippen molar-refractivity contribution in [1.29, 1.82) is 0 Å². The van der Waals surface area contributed by atoms with Gasteiger partial charge in [-0.05, 0) is 83.5 Å². The van der Waals surface area contributed by atoms with Crippen molar-refractivity contribution in [3.63, 3.8) is 0 Å². The topological polar surface area (TPSA) is 149 Å². The summed E-state index contributed by atoms with van der Waals surface area (Å²) in [5.41, 5.74) is 0. The summed E-state index contributed by atoms with van der Waals surface area (Å²) in [4.78, 5) is 35.1. The maximum absolute atomic E-state index is 12.7. The number of esters is 2. The number of aliphatic hydroxyl groups excluding tert-OH is 2. The number of ether oxygens (including phenoxy) is 2. The van der Waals surface area contributed by atoms with Crippen LogP contribution in [-0.2, 0) is 32.7 Å². The van der Waals surface area contributed by atoms with Crippen LogP contribution in [-0.4, -0.2) is 65.7 Å². The summed E-state index contributed by atoms with van der Waals surface area (Å²) in [5, 5.41) is 18.4. The highest BCUT2D eigenvalue weighted by molar-refractivity contribution is 7.47. The largest absolute Gasteiger partial charge is 0.472 e. The van der Waals surface area contributed by atoms with Crippen LogP contribution in [0.4, 0.5) is 0 Å². The standard InChI is InChI=1S/C54H91O10P/c1-3-5-7-9-11-13-15-17-19-21-23-24-25-26-28-30-32-34-36-38-40-42-44-46-54(58)64-52(50-63-65(59,60)62-48-51(56)47-55)49-61-53(57)45-43-41-39-37-35-33-31-29-27-22-20-18-16-14-12-10-8-6-4-2/h6,8,12,14,18,20,27,29-30,32-33,35,38-41,51-52,55-56H,3-5,7,9-11,13,15-17,19,21-26,28,31,34,36-37,42-50H2,1-2H3,(H,59,60)/b8-6+,14-12+,20-18+,29-27+,32-30+,35-33+,40-38+,41-39+/t51-,52+/m0/s1. The predicted octanol–water partition coefficient (Wildman–Crippen LogP) is 14.3. The van der Waals surface area contributed by atoms with Crippen molar-refractivity contribution in [3.8, 4) is 0 Å². The zero-order valence-corrected chi connectivity index (χ0v) is 41.6. The van der Waals surface area contributed by atoms with Crippen molar-refractivity contribution in [2.45, 2.75) is 206 Å². The van der Waals surface area contributed by atoms with Crippen LogP contribution in [0.5, 0.6) is 0 Å². The second-order valence-electron chi connectivity index (χ2n) is 16.4. The molecule has 372 valence electrons. The molecule has 3 atom stereocenters. The molecule has 0 fully saturated rings. The van der Waals surface area contributed by atoms with Gasteiger partial charge >= 0.3 is 19.8 Å². The summed E-state index contributed by atoms with van der Waals surface area (Å²) in [7, 11) is -4.66. The second-order valence-corrected chi connectivity index (χ2v) is 17.9. The zero-order valence-electron chi connectivity index (χ0n) is 40.7. The lowest BCUT2D eigenvalue weighted by Crippen LogP contribution is -2.29. The molecular weight excluding hydrogens is 840 g/mol. The minimum absolute atomic E-state index is 0.103. The molecule has 0 aliphatic carbocycles. The normalized spacial score (nSPS) is 14.5. The third-order valence-electron chi connectivity index (χ3n) is 10.2. The average molecular weight is 931 g/mol. The van der Waals surface area contributed by atoms with E-state index in [1.807, 2.05) is 12.2 Å². The van der Waals surface area contributed by atoms with Gasteiger partial charge in [-0.1, -0.05) is 195 Å². The number of aliphatic hydroxyl groups is 2. The molecule has 11 heteroatoms. The van der Waals surface area contributed by atoms with Crippen molar-refractivity contribution >= 4 is 19.8 Å². The minimum atomic E-state index is -4.66. The van der Waals surface area contributed by atoms with E-state index in [1.165, 1.54) is 89.9 Å². The van der Waals surface area contributed by atoms with Crippen LogP contribution in [0, 0.1) is 0 Å². The molecule has 0 aromatic carbocycles. The van der Waals surface area contributed by atoms with E-state index in [-0.39, 0.29) is 19.4 Å². The summed E-state index contributed by atoms with van der Waals surface area (Å²) in [5.74, 6) is -1.08. The van der Waals surface area contributed by atoms with Gasteiger partial charge in [-0.15, -0.1) is 0 Å². The lowest BCUT2D eigenvalue weighted by Gasteiger charge is -2.20. The first-order valence-electron chi connectivity index (χ1n) is 25.2. The van der Waals surface area contributed by atoms with Crippen molar-refractivity contribution in [2.75, 3.05) is 26.4 Å². The quantitative estimate of drug-likeness (QED) is 0.0233. The van der Waals surface area contributed by atoms with Gasteiger partial charge in [-0.25, -0.2) is 4.57 Å². The molecule has 65 heavy (non-hydrogen) atoms. The highest BCUT2D eigenvalue weighted by Gasteiger charge is 2.27. The molecule has 0 saturated carbocycles. The molecule has 0 aromatic rings. The smallest absolute Gasteiger partial charge is 0.462 e. The fourth-order valence-electron chi connectivity index (χ4n) is 6.39. The van der Waals surface area contributed by atoms with Crippen LogP contribution in [0.2, 0.25) is 0 Å². The van der Waals surface area contributed by atoms with Crippen LogP contribution in [0.1, 0.15) is 194 Å². The van der Waals surface area contributed by atoms with Gasteiger partial charge in [0.25, 0.3) is 0 Å². The first-order chi connectivity index (χ1) is 31.7. The van der Waals surface area contributed by atoms with Crippen LogP contribution < -0.4 is 0 Å². The molecule has 0 radical (unpaired) electrons. The molecule has 0 aromatic heterocycles. The van der Waals surface area contributed by atoms with E-state index in [0.29, 0.717) is 19.3 Å². The summed E-state index contributed by atoms with van der Waals surface area (Å²) in [6, 6.07) is 0. The Morgan fingerprint density at radius 3 is 1.38 bits per heavy atom. The van der Waals surface area contributed by atoms with Crippen molar-refractivity contribution in [3.05, 3.63) is 97.2 Å². The van der Waals surface area contributed by atoms with Crippen molar-refractivity contribution in [1.82, 2.24) is 0 Å². The number of phosphoric ester groups is 1. The number of carbonyl (C=O) groups is 2. The van der Waals surface area contributed by atoms with Gasteiger partial charge in [0, 0.05) is 12.8 Å². The van der Waals surface area contributed by atoms with Gasteiger partial charge in [0.2, 0.25) is 0 Å². The van der Waals surface area contributed by atoms with Gasteiger partial charge < -0.3 is 24.6 Å². The number of carbonyl (C=O) groups excluding carboxylic acids is 2. The lowest BCUT2D eigenvalue weighted by molar-refractivity contribution is -0.161. The van der Waals surface area contributed by atoms with Gasteiger partial charge in [0.15, 0.2) is 6.10 Å². The molecular formula is C54H91O10P. The number of unbranched alkanes of at least 4 members (excludes halogenated alkanes) is 16. The Bertz CT molecular complexity index is 1400. The van der Waals surface area contributed by atoms with E-state index in [1.54, 1.807) is 0 Å². The van der Waals surface area contributed by atoms with Crippen molar-refractivity contribution in [2.24, 2.45) is 0 Å². The third kappa shape index (κ3) is 48.6. The van der Waals surface area contributed by atoms with Gasteiger partial charge in [-0.3, -0.25) is 18.6 Å². The number of hydrogen-bond acceptors (Lipinski definition) is 9. The summed E-state index contributed by atoms with van der Waals surface area (Å²) >= 11 is 0. The number of hydrogen-bond donors (Lipinski definition) is 3. The van der Waals surface area contributed by atoms with Crippen LogP contribution in [0.15, 0.2) is 97.2 Å². The van der Waals surface area contributed by atoms with E-state index < -0.39 is 51.8 Å². The number of allylic oxidation sites excluding steroid dienone is 16. The first kappa shape index (κ1) is 61.9. The minimum Gasteiger partial charge on any atom is -0.462 e. The molecule has 1 unspecified atom stereocenters. The third-order valence-corrected chi connectivity index (χ3v) is 11.2. The molecule has 0 aliphatic heterocycles. The first-order valence-corrected chi connectivity index (χ1v) is 26.7. The van der Waals surface area contributed by atoms with E-state index >= 15 is 0 Å². The maximum Gasteiger partial charge on any atom is 0.472 e. The Hall–Kier alpha value is -3.11. The fraction of sp³-hybridized carbons (Fsp3) is 0.667. The van der Waals surface area contributed by atoms with Gasteiger partial charge in [0.1, 0.15) is 12.7 Å². The van der Waals surface area contributed by atoms with Crippen molar-refractivity contribution < 1.29 is 47.8 Å². The Balaban J connectivity index is 4.36. The van der Waals surface area contributed by atoms with E-state index in [9.17, 15) is 24.2 Å². The summed E-state index contributed by atoms with van der Waals surface area (Å²) < 4.78 is 32.7. The predicted molar refractivity (Wildman–Crippen MR) is 269 cm³/mol. The highest BCUT2D eigenvalue weighted by atomic mass is 31.2. The number of rotatable bonds is 46. The molecule has 3 N–H and O–H groups in total. The van der Waals surface area contributed by atoms with E-state index in [2.05, 4.69) is 103 Å². The molecule has 0 rings (SSSR count). The van der Waals surface area contributed by atoms with Crippen LogP contribution in [0.25, 0.3) is 0 Å². The molecule has 0 aliphatic rings. The fourth-order valence-corrected chi connectivity index (χ4v) is 7.18. The molecule has 0 amide bonds. The monoisotopic (exact) mass is 931 g/mol. The SMILES string of the molecule is CC/C=C/C/C=C/C/C=C/C/C=C/C/C=C/C/C=C/CCC(=O)OC[C@H](COP(=O)(O)OC[C@@H](O)CO)OC(=O)CCC/C=C/CC/C=C/CCCCCCCCCCCCCCCC. The summed E-state index contributed by atoms with van der Waals surface area (Å²) in [6.45, 7) is 2.15. The molecule has 0 heterocycles. The summed E-state index contributed by atoms with van der Waals surface area (Å²) in [6.07, 6.45) is 61.2. The van der Waals surface area contributed by atoms with Gasteiger partial charge in [0.05, 0.1) is 19.8 Å². The Labute approximate surface area is 395 Å². The highest BCUT2D eigenvalue weighted by Crippen LogP contribution is 2.43. The van der Waals surface area contributed by atoms with Gasteiger partial charge in [-0.2, -0.15) is 0 Å². The second kappa shape index (κ2) is 48.8. The Morgan fingerprint density at radius 2 is 0.892 bits per heavy atom. The molecule has 10 nitrogen and oxygen atoms in total. The average Bonchev–Trinajstić information content (AvgIpc) is 3.30. The van der Waals surface area contributed by atoms with Crippen LogP contribution in [0.3, 0.4) is 0 Å². The Kier molecular flexibility index (Phi) is 46.5. The maximum atomic E-state index is 12.7. The number of phosphoric acid groups is 1. The van der Waals surface area contributed by atoms with E-state index in [0.717, 1.165) is 57.8 Å². The molecule has 0 bridgehead atoms.